The van der Waals surface area contributed by atoms with Gasteiger partial charge in [0.1, 0.15) is 0 Å². The van der Waals surface area contributed by atoms with Gasteiger partial charge in [0.2, 0.25) is 11.8 Å². The minimum absolute atomic E-state index is 0.0323. The van der Waals surface area contributed by atoms with Crippen molar-refractivity contribution in [2.75, 3.05) is 26.3 Å². The summed E-state index contributed by atoms with van der Waals surface area (Å²) in [6, 6.07) is 0.125. The third-order valence-electron chi connectivity index (χ3n) is 4.17. The van der Waals surface area contributed by atoms with Crippen molar-refractivity contribution in [1.82, 2.24) is 10.2 Å². The summed E-state index contributed by atoms with van der Waals surface area (Å²) in [5.74, 6) is -0.403. The second-order valence-electron chi connectivity index (χ2n) is 6.10. The maximum absolute atomic E-state index is 12.1. The maximum atomic E-state index is 12.1. The molecule has 0 saturated carbocycles. The third kappa shape index (κ3) is 3.49. The molecular weight excluding hydrogens is 260 g/mol. The lowest BCUT2D eigenvalue weighted by Crippen LogP contribution is -2.48. The Labute approximate surface area is 119 Å². The van der Waals surface area contributed by atoms with Crippen LogP contribution in [-0.4, -0.2) is 59.8 Å². The number of nitrogens with one attached hydrogen (secondary N) is 1. The van der Waals surface area contributed by atoms with Crippen LogP contribution in [0.4, 0.5) is 0 Å². The molecule has 2 fully saturated rings. The van der Waals surface area contributed by atoms with Gasteiger partial charge in [-0.25, -0.2) is 0 Å². The molecule has 0 aromatic carbocycles. The van der Waals surface area contributed by atoms with Crippen LogP contribution in [0.25, 0.3) is 0 Å². The molecule has 6 heteroatoms. The van der Waals surface area contributed by atoms with Gasteiger partial charge >= 0.3 is 0 Å². The molecule has 2 saturated heterocycles. The number of nitrogens with zero attached hydrogens (tertiary/aromatic N) is 1. The Morgan fingerprint density at radius 1 is 1.50 bits per heavy atom. The Morgan fingerprint density at radius 2 is 2.15 bits per heavy atom. The van der Waals surface area contributed by atoms with Gasteiger partial charge < -0.3 is 20.1 Å². The monoisotopic (exact) mass is 284 g/mol. The summed E-state index contributed by atoms with van der Waals surface area (Å²) in [5.41, 5.74) is -0.867. The lowest BCUT2D eigenvalue weighted by atomic mass is 9.94. The van der Waals surface area contributed by atoms with E-state index in [0.29, 0.717) is 32.6 Å². The van der Waals surface area contributed by atoms with Crippen molar-refractivity contribution in [1.29, 1.82) is 0 Å². The van der Waals surface area contributed by atoms with Crippen molar-refractivity contribution in [3.05, 3.63) is 0 Å². The number of hydrogen-bond acceptors (Lipinski definition) is 4. The van der Waals surface area contributed by atoms with Gasteiger partial charge in [-0.15, -0.1) is 0 Å². The van der Waals surface area contributed by atoms with E-state index >= 15 is 0 Å². The van der Waals surface area contributed by atoms with E-state index in [2.05, 4.69) is 5.32 Å². The van der Waals surface area contributed by atoms with E-state index in [4.69, 9.17) is 4.74 Å². The van der Waals surface area contributed by atoms with Crippen LogP contribution >= 0.6 is 0 Å². The molecule has 2 aliphatic heterocycles. The SMILES string of the molecule is CC(C)N1CC(C(=O)NCC2(O)CCOCC2)CC1=O. The number of ether oxygens (including phenoxy) is 1. The molecule has 0 aromatic rings. The fourth-order valence-corrected chi connectivity index (χ4v) is 2.73. The highest BCUT2D eigenvalue weighted by atomic mass is 16.5. The number of amides is 2. The first-order valence-electron chi connectivity index (χ1n) is 7.28. The van der Waals surface area contributed by atoms with E-state index < -0.39 is 5.60 Å². The summed E-state index contributed by atoms with van der Waals surface area (Å²) in [5, 5.41) is 13.1. The zero-order valence-electron chi connectivity index (χ0n) is 12.2. The summed E-state index contributed by atoms with van der Waals surface area (Å²) in [6.45, 7) is 5.65. The molecule has 2 rings (SSSR count). The van der Waals surface area contributed by atoms with E-state index in [1.165, 1.54) is 0 Å². The Bertz CT molecular complexity index is 377. The molecule has 0 aliphatic carbocycles. The Hall–Kier alpha value is -1.14. The first-order valence-corrected chi connectivity index (χ1v) is 7.28. The number of carbonyl (C=O) groups excluding carboxylic acids is 2. The summed E-state index contributed by atoms with van der Waals surface area (Å²) in [6.07, 6.45) is 1.34. The van der Waals surface area contributed by atoms with Gasteiger partial charge in [0.15, 0.2) is 0 Å². The molecular formula is C14H24N2O4. The molecule has 0 bridgehead atoms. The molecule has 114 valence electrons. The number of hydrogen-bond donors (Lipinski definition) is 2. The Balaban J connectivity index is 1.82. The molecule has 1 atom stereocenters. The largest absolute Gasteiger partial charge is 0.388 e. The summed E-state index contributed by atoms with van der Waals surface area (Å²) in [4.78, 5) is 25.6. The van der Waals surface area contributed by atoms with E-state index in [-0.39, 0.29) is 36.7 Å². The van der Waals surface area contributed by atoms with Crippen LogP contribution in [0, 0.1) is 5.92 Å². The smallest absolute Gasteiger partial charge is 0.225 e. The van der Waals surface area contributed by atoms with Crippen LogP contribution < -0.4 is 5.32 Å². The zero-order chi connectivity index (χ0) is 14.8. The molecule has 0 spiro atoms. The van der Waals surface area contributed by atoms with Gasteiger partial charge in [-0.05, 0) is 13.8 Å². The second-order valence-corrected chi connectivity index (χ2v) is 6.10. The number of rotatable bonds is 4. The molecule has 20 heavy (non-hydrogen) atoms. The predicted octanol–water partition coefficient (Wildman–Crippen LogP) is -0.0990. The first-order chi connectivity index (χ1) is 9.41. The molecule has 6 nitrogen and oxygen atoms in total. The molecule has 2 amide bonds. The average molecular weight is 284 g/mol. The van der Waals surface area contributed by atoms with Crippen molar-refractivity contribution in [3.8, 4) is 0 Å². The average Bonchev–Trinajstić information content (AvgIpc) is 2.79. The van der Waals surface area contributed by atoms with Crippen LogP contribution in [-0.2, 0) is 14.3 Å². The van der Waals surface area contributed by atoms with Crippen molar-refractivity contribution in [2.45, 2.75) is 44.8 Å². The highest BCUT2D eigenvalue weighted by Crippen LogP contribution is 2.22. The summed E-state index contributed by atoms with van der Waals surface area (Å²) >= 11 is 0. The minimum atomic E-state index is -0.867. The van der Waals surface area contributed by atoms with Gasteiger partial charge in [-0.2, -0.15) is 0 Å². The number of aliphatic hydroxyl groups is 1. The van der Waals surface area contributed by atoms with E-state index in [1.807, 2.05) is 13.8 Å². The van der Waals surface area contributed by atoms with Crippen LogP contribution in [0.2, 0.25) is 0 Å². The van der Waals surface area contributed by atoms with E-state index in [9.17, 15) is 14.7 Å². The lowest BCUT2D eigenvalue weighted by molar-refractivity contribution is -0.130. The molecule has 0 radical (unpaired) electrons. The van der Waals surface area contributed by atoms with Crippen LogP contribution in [0.3, 0.4) is 0 Å². The van der Waals surface area contributed by atoms with Crippen molar-refractivity contribution >= 4 is 11.8 Å². The number of carbonyl (C=O) groups is 2. The Kier molecular flexibility index (Phi) is 4.65. The molecule has 1 unspecified atom stereocenters. The standard InChI is InChI=1S/C14H24N2O4/c1-10(2)16-8-11(7-12(16)17)13(18)15-9-14(19)3-5-20-6-4-14/h10-11,19H,3-9H2,1-2H3,(H,15,18). The van der Waals surface area contributed by atoms with Crippen molar-refractivity contribution in [3.63, 3.8) is 0 Å². The molecule has 2 heterocycles. The normalized spacial score (nSPS) is 26.1. The quantitative estimate of drug-likeness (QED) is 0.755. The third-order valence-corrected chi connectivity index (χ3v) is 4.17. The summed E-state index contributed by atoms with van der Waals surface area (Å²) in [7, 11) is 0. The Morgan fingerprint density at radius 3 is 2.70 bits per heavy atom. The first kappa shape index (κ1) is 15.3. The zero-order valence-corrected chi connectivity index (χ0v) is 12.2. The van der Waals surface area contributed by atoms with Gasteiger partial charge in [-0.3, -0.25) is 9.59 Å². The minimum Gasteiger partial charge on any atom is -0.388 e. The van der Waals surface area contributed by atoms with E-state index in [0.717, 1.165) is 0 Å². The highest BCUT2D eigenvalue weighted by molar-refractivity contribution is 5.89. The second kappa shape index (κ2) is 6.10. The molecule has 2 aliphatic rings. The number of likely N-dealkylation sites (tertiary alicyclic amines) is 1. The van der Waals surface area contributed by atoms with Crippen LogP contribution in [0.1, 0.15) is 33.1 Å². The van der Waals surface area contributed by atoms with Crippen LogP contribution in [0.5, 0.6) is 0 Å². The van der Waals surface area contributed by atoms with Gasteiger partial charge in [-0.1, -0.05) is 0 Å². The van der Waals surface area contributed by atoms with Crippen molar-refractivity contribution < 1.29 is 19.4 Å². The predicted molar refractivity (Wildman–Crippen MR) is 73.0 cm³/mol. The van der Waals surface area contributed by atoms with Gasteiger partial charge in [0.25, 0.3) is 0 Å². The maximum Gasteiger partial charge on any atom is 0.225 e. The lowest BCUT2D eigenvalue weighted by Gasteiger charge is -2.32. The van der Waals surface area contributed by atoms with Gasteiger partial charge in [0.05, 0.1) is 11.5 Å². The van der Waals surface area contributed by atoms with E-state index in [1.54, 1.807) is 4.90 Å². The topological polar surface area (TPSA) is 78.9 Å². The highest BCUT2D eigenvalue weighted by Gasteiger charge is 2.37. The fourth-order valence-electron chi connectivity index (χ4n) is 2.73. The fraction of sp³-hybridized carbons (Fsp3) is 0.857. The summed E-state index contributed by atoms with van der Waals surface area (Å²) < 4.78 is 5.20. The van der Waals surface area contributed by atoms with Gasteiger partial charge in [0, 0.05) is 51.6 Å². The van der Waals surface area contributed by atoms with Crippen molar-refractivity contribution in [2.24, 2.45) is 5.92 Å². The van der Waals surface area contributed by atoms with Crippen LogP contribution in [0.15, 0.2) is 0 Å². The molecule has 0 aromatic heterocycles. The molecule has 2 N–H and O–H groups in total.